The highest BCUT2D eigenvalue weighted by molar-refractivity contribution is 6.34. The van der Waals surface area contributed by atoms with Crippen molar-refractivity contribution >= 4 is 29.0 Å². The van der Waals surface area contributed by atoms with E-state index in [1.165, 1.54) is 7.11 Å². The molecule has 6 heterocycles. The van der Waals surface area contributed by atoms with Gasteiger partial charge in [-0.2, -0.15) is 28.2 Å². The first-order chi connectivity index (χ1) is 21.9. The Hall–Kier alpha value is -3.69. The molecule has 0 bridgehead atoms. The molecular weight excluding hydrogens is 632 g/mol. The summed E-state index contributed by atoms with van der Waals surface area (Å²) in [5.41, 5.74) is 5.25. The molecule has 4 aliphatic rings. The Bertz CT molecular complexity index is 1710. The number of benzene rings is 1. The normalized spacial score (nSPS) is 21.2. The summed E-state index contributed by atoms with van der Waals surface area (Å²) in [6.07, 6.45) is -3.46. The molecule has 4 aliphatic heterocycles. The van der Waals surface area contributed by atoms with Crippen LogP contribution in [0.4, 0.5) is 29.1 Å². The van der Waals surface area contributed by atoms with Crippen LogP contribution in [0.5, 0.6) is 6.01 Å². The lowest BCUT2D eigenvalue weighted by atomic mass is 9.87. The largest absolute Gasteiger partial charge is 0.467 e. The van der Waals surface area contributed by atoms with Gasteiger partial charge in [0.25, 0.3) is 5.91 Å². The van der Waals surface area contributed by atoms with Gasteiger partial charge in [0.05, 0.1) is 59.6 Å². The number of hydrogen-bond acceptors (Lipinski definition) is 9. The molecule has 1 atom stereocenters. The average Bonchev–Trinajstić information content (AvgIpc) is 3.45. The second-order valence-electron chi connectivity index (χ2n) is 12.4. The highest BCUT2D eigenvalue weighted by Crippen LogP contribution is 2.43. The maximum Gasteiger partial charge on any atom is 0.416 e. The van der Waals surface area contributed by atoms with Crippen LogP contribution in [-0.2, 0) is 37.0 Å². The fraction of sp³-hybridized carbons (Fsp3) is 0.533. The molecule has 7 rings (SSSR count). The molecule has 1 aromatic carbocycles. The van der Waals surface area contributed by atoms with Gasteiger partial charge in [-0.05, 0) is 45.0 Å². The van der Waals surface area contributed by atoms with Gasteiger partial charge in [0.1, 0.15) is 5.82 Å². The molecule has 11 nitrogen and oxygen atoms in total. The van der Waals surface area contributed by atoms with Gasteiger partial charge >= 0.3 is 12.2 Å². The summed E-state index contributed by atoms with van der Waals surface area (Å²) in [4.78, 5) is 28.5. The molecule has 1 amide bonds. The monoisotopic (exact) mass is 664 g/mol. The number of halogens is 5. The van der Waals surface area contributed by atoms with E-state index < -0.39 is 34.9 Å². The first-order valence-electron chi connectivity index (χ1n) is 15.1. The number of rotatable bonds is 4. The predicted octanol–water partition coefficient (Wildman–Crippen LogP) is 4.22. The van der Waals surface area contributed by atoms with Crippen LogP contribution in [-0.4, -0.2) is 81.3 Å². The van der Waals surface area contributed by atoms with Crippen LogP contribution in [0.1, 0.15) is 63.9 Å². The van der Waals surface area contributed by atoms with Crippen molar-refractivity contribution in [3.63, 3.8) is 0 Å². The summed E-state index contributed by atoms with van der Waals surface area (Å²) in [5.74, 6) is -0.915. The number of anilines is 2. The molecule has 3 aromatic rings. The number of ether oxygens (including phenoxy) is 2. The van der Waals surface area contributed by atoms with Crippen molar-refractivity contribution in [1.82, 2.24) is 29.5 Å². The average molecular weight is 665 g/mol. The number of carbonyl (C=O) groups is 1. The van der Waals surface area contributed by atoms with E-state index >= 15 is 4.39 Å². The third-order valence-electron chi connectivity index (χ3n) is 9.71. The molecule has 2 fully saturated rings. The summed E-state index contributed by atoms with van der Waals surface area (Å²) < 4.78 is 69.7. The second kappa shape index (κ2) is 11.2. The summed E-state index contributed by atoms with van der Waals surface area (Å²) in [6, 6.07) is 1.65. The van der Waals surface area contributed by atoms with E-state index in [9.17, 15) is 18.0 Å². The molecule has 2 aromatic heterocycles. The van der Waals surface area contributed by atoms with Crippen molar-refractivity contribution in [2.45, 2.75) is 63.2 Å². The number of methoxy groups -OCH3 is 1. The lowest BCUT2D eigenvalue weighted by Gasteiger charge is -2.51. The summed E-state index contributed by atoms with van der Waals surface area (Å²) in [5, 5.41) is 4.90. The van der Waals surface area contributed by atoms with Gasteiger partial charge in [0, 0.05) is 43.7 Å². The fourth-order valence-electron chi connectivity index (χ4n) is 7.17. The highest BCUT2D eigenvalue weighted by atomic mass is 35.5. The van der Waals surface area contributed by atoms with E-state index in [1.807, 2.05) is 4.90 Å². The number of carbonyl (C=O) groups excluding carboxylic acids is 1. The third kappa shape index (κ3) is 5.03. The van der Waals surface area contributed by atoms with Crippen LogP contribution in [0, 0.1) is 5.82 Å². The van der Waals surface area contributed by atoms with Gasteiger partial charge in [0.2, 0.25) is 0 Å². The maximum absolute atomic E-state index is 15.1. The number of likely N-dealkylation sites (tertiary alicyclic amines) is 2. The lowest BCUT2D eigenvalue weighted by molar-refractivity contribution is -0.140. The second-order valence-corrected chi connectivity index (χ2v) is 12.8. The van der Waals surface area contributed by atoms with Crippen molar-refractivity contribution in [3.05, 3.63) is 56.7 Å². The number of aryl methyl sites for hydroxylation is 1. The molecule has 2 saturated heterocycles. The van der Waals surface area contributed by atoms with E-state index in [0.717, 1.165) is 31.5 Å². The van der Waals surface area contributed by atoms with E-state index in [-0.39, 0.29) is 47.7 Å². The van der Waals surface area contributed by atoms with Crippen LogP contribution in [0.2, 0.25) is 5.02 Å². The topological polar surface area (TPSA) is 115 Å². The van der Waals surface area contributed by atoms with Crippen LogP contribution in [0.3, 0.4) is 0 Å². The van der Waals surface area contributed by atoms with Crippen LogP contribution in [0.25, 0.3) is 0 Å². The SMILES string of the molecule is COc1nc2c(c(N3CCCn4nc(C(=O)N5CC6(CCCN6C)C5)c(Cl)c4C3)n1)COC(c1c(C(F)(F)F)ccc(N)c1F)C2. The molecule has 46 heavy (non-hydrogen) atoms. The van der Waals surface area contributed by atoms with Crippen LogP contribution >= 0.6 is 11.6 Å². The van der Waals surface area contributed by atoms with Crippen molar-refractivity contribution in [1.29, 1.82) is 0 Å². The number of nitrogen functional groups attached to an aromatic ring is 1. The Kier molecular flexibility index (Phi) is 7.55. The number of amides is 1. The molecule has 1 unspecified atom stereocenters. The number of fused-ring (bicyclic) bond motifs is 2. The Morgan fingerprint density at radius 3 is 2.65 bits per heavy atom. The molecule has 246 valence electrons. The van der Waals surface area contributed by atoms with Crippen molar-refractivity contribution in [3.8, 4) is 6.01 Å². The minimum absolute atomic E-state index is 0.00167. The number of nitrogens with zero attached hydrogens (tertiary/aromatic N) is 7. The quantitative estimate of drug-likeness (QED) is 0.324. The molecule has 0 aliphatic carbocycles. The number of aromatic nitrogens is 4. The first-order valence-corrected chi connectivity index (χ1v) is 15.5. The molecule has 16 heteroatoms. The Morgan fingerprint density at radius 2 is 1.96 bits per heavy atom. The molecule has 1 spiro atoms. The Labute approximate surface area is 267 Å². The maximum atomic E-state index is 15.1. The Balaban J connectivity index is 1.17. The van der Waals surface area contributed by atoms with E-state index in [1.54, 1.807) is 9.58 Å². The first kappa shape index (κ1) is 30.9. The minimum Gasteiger partial charge on any atom is -0.467 e. The van der Waals surface area contributed by atoms with Gasteiger partial charge in [0.15, 0.2) is 11.5 Å². The zero-order chi connectivity index (χ0) is 32.5. The number of hydrogen-bond donors (Lipinski definition) is 1. The molecule has 2 N–H and O–H groups in total. The van der Waals surface area contributed by atoms with Crippen molar-refractivity contribution in [2.75, 3.05) is 51.0 Å². The van der Waals surface area contributed by atoms with Gasteiger partial charge in [-0.15, -0.1) is 0 Å². The van der Waals surface area contributed by atoms with Crippen LogP contribution in [0.15, 0.2) is 12.1 Å². The molecular formula is C30H33ClF4N8O3. The number of nitrogens with two attached hydrogens (primary N) is 1. The van der Waals surface area contributed by atoms with Gasteiger partial charge in [-0.25, -0.2) is 4.39 Å². The van der Waals surface area contributed by atoms with E-state index in [4.69, 9.17) is 26.8 Å². The zero-order valence-corrected chi connectivity index (χ0v) is 26.1. The smallest absolute Gasteiger partial charge is 0.416 e. The van der Waals surface area contributed by atoms with E-state index in [0.29, 0.717) is 55.4 Å². The fourth-order valence-corrected chi connectivity index (χ4v) is 7.45. The highest BCUT2D eigenvalue weighted by Gasteiger charge is 2.51. The standard InChI is InChI=1S/C30H33ClF4N8O3/c1-40-8-3-7-29(40)14-42(15-29)27(44)25-23(31)20-12-41(9-4-10-43(20)39-25)26-16-13-46-21(11-19(16)37-28(38-26)45-2)22-17(30(33,34)35)5-6-18(36)24(22)32/h5-6,21H,3-4,7-15,36H2,1-2H3. The third-order valence-corrected chi connectivity index (χ3v) is 10.1. The predicted molar refractivity (Wildman–Crippen MR) is 159 cm³/mol. The Morgan fingerprint density at radius 1 is 1.17 bits per heavy atom. The van der Waals surface area contributed by atoms with E-state index in [2.05, 4.69) is 27.0 Å². The van der Waals surface area contributed by atoms with Gasteiger partial charge < -0.3 is 25.0 Å². The van der Waals surface area contributed by atoms with Crippen LogP contribution < -0.4 is 15.4 Å². The van der Waals surface area contributed by atoms with Crippen molar-refractivity contribution < 1.29 is 31.8 Å². The summed E-state index contributed by atoms with van der Waals surface area (Å²) in [7, 11) is 3.48. The van der Waals surface area contributed by atoms with Gasteiger partial charge in [-0.3, -0.25) is 14.4 Å². The number of alkyl halides is 3. The van der Waals surface area contributed by atoms with Gasteiger partial charge in [-0.1, -0.05) is 11.6 Å². The lowest BCUT2D eigenvalue weighted by Crippen LogP contribution is -2.68. The molecule has 0 saturated carbocycles. The minimum atomic E-state index is -4.82. The summed E-state index contributed by atoms with van der Waals surface area (Å²) >= 11 is 6.85. The molecule has 0 radical (unpaired) electrons. The zero-order valence-electron chi connectivity index (χ0n) is 25.3. The number of likely N-dealkylation sites (N-methyl/N-ethyl adjacent to an activating group) is 1. The van der Waals surface area contributed by atoms with Crippen molar-refractivity contribution in [2.24, 2.45) is 0 Å². The summed E-state index contributed by atoms with van der Waals surface area (Å²) in [6.45, 7) is 3.43.